The minimum absolute atomic E-state index is 0.0267. The third-order valence-electron chi connectivity index (χ3n) is 6.79. The second-order valence-corrected chi connectivity index (χ2v) is 9.32. The van der Waals surface area contributed by atoms with Crippen LogP contribution in [0, 0.1) is 5.82 Å². The van der Waals surface area contributed by atoms with E-state index in [0.717, 1.165) is 0 Å². The first-order chi connectivity index (χ1) is 18.7. The van der Waals surface area contributed by atoms with Gasteiger partial charge in [0, 0.05) is 60.6 Å². The lowest BCUT2D eigenvalue weighted by Gasteiger charge is -2.36. The average molecular weight is 537 g/mol. The number of carbonyl (C=O) groups is 2. The maximum Gasteiger partial charge on any atom is 0.586 e. The van der Waals surface area contributed by atoms with Gasteiger partial charge in [-0.25, -0.2) is 4.39 Å². The summed E-state index contributed by atoms with van der Waals surface area (Å²) in [6, 6.07) is 13.8. The standard InChI is InChI=1S/C27H22F3N5O4/c28-21-6-4-16(12-18(21)15-35-14-17-2-1-3-20(25(31)36)24(17)32-35)26(37)34-10-8-33(9-11-34)19-5-7-22-23(13-19)39-27(29,30)38-22/h1-7,12-14H,8-11,15H2,(H2,31,36). The third-order valence-corrected chi connectivity index (χ3v) is 6.79. The molecule has 0 saturated carbocycles. The fourth-order valence-corrected chi connectivity index (χ4v) is 4.86. The molecule has 1 fully saturated rings. The van der Waals surface area contributed by atoms with Crippen LogP contribution >= 0.6 is 0 Å². The van der Waals surface area contributed by atoms with E-state index in [4.69, 9.17) is 5.73 Å². The summed E-state index contributed by atoms with van der Waals surface area (Å²) in [4.78, 5) is 28.6. The smallest absolute Gasteiger partial charge is 0.395 e. The summed E-state index contributed by atoms with van der Waals surface area (Å²) in [7, 11) is 0. The number of hydrogen-bond acceptors (Lipinski definition) is 6. The zero-order chi connectivity index (χ0) is 27.3. The van der Waals surface area contributed by atoms with Gasteiger partial charge in [0.1, 0.15) is 11.3 Å². The highest BCUT2D eigenvalue weighted by Gasteiger charge is 2.43. The van der Waals surface area contributed by atoms with Gasteiger partial charge in [-0.2, -0.15) is 5.10 Å². The van der Waals surface area contributed by atoms with Crippen molar-refractivity contribution in [1.82, 2.24) is 14.7 Å². The molecule has 1 aromatic heterocycles. The number of rotatable bonds is 5. The molecule has 200 valence electrons. The molecule has 9 nitrogen and oxygen atoms in total. The number of nitrogens with zero attached hydrogens (tertiary/aromatic N) is 4. The summed E-state index contributed by atoms with van der Waals surface area (Å²) in [5.74, 6) is -1.40. The van der Waals surface area contributed by atoms with Crippen molar-refractivity contribution in [3.05, 3.63) is 83.3 Å². The molecule has 12 heteroatoms. The van der Waals surface area contributed by atoms with E-state index in [1.54, 1.807) is 35.4 Å². The first-order valence-electron chi connectivity index (χ1n) is 12.2. The Labute approximate surface area is 220 Å². The van der Waals surface area contributed by atoms with Gasteiger partial charge in [-0.15, -0.1) is 8.78 Å². The Morgan fingerprint density at radius 2 is 1.74 bits per heavy atom. The van der Waals surface area contributed by atoms with Crippen molar-refractivity contribution in [2.45, 2.75) is 12.8 Å². The summed E-state index contributed by atoms with van der Waals surface area (Å²) >= 11 is 0. The number of nitrogens with two attached hydrogens (primary N) is 1. The lowest BCUT2D eigenvalue weighted by atomic mass is 10.1. The minimum atomic E-state index is -3.68. The molecule has 0 bridgehead atoms. The summed E-state index contributed by atoms with van der Waals surface area (Å²) in [5.41, 5.74) is 7.41. The molecular weight excluding hydrogens is 515 g/mol. The SMILES string of the molecule is NC(=O)c1cccc2cn(Cc3cc(C(=O)N4CCN(c5ccc6c(c5)OC(F)(F)O6)CC4)ccc3F)nc12. The number of aromatic nitrogens is 2. The van der Waals surface area contributed by atoms with Gasteiger partial charge in [-0.3, -0.25) is 14.3 Å². The van der Waals surface area contributed by atoms with Crippen LogP contribution in [0.1, 0.15) is 26.3 Å². The first-order valence-corrected chi connectivity index (χ1v) is 12.2. The van der Waals surface area contributed by atoms with Crippen LogP contribution < -0.4 is 20.1 Å². The minimum Gasteiger partial charge on any atom is -0.395 e. The first kappa shape index (κ1) is 24.6. The van der Waals surface area contributed by atoms with Gasteiger partial charge in [-0.1, -0.05) is 12.1 Å². The van der Waals surface area contributed by atoms with Gasteiger partial charge >= 0.3 is 6.29 Å². The summed E-state index contributed by atoms with van der Waals surface area (Å²) < 4.78 is 51.8. The molecule has 39 heavy (non-hydrogen) atoms. The molecular formula is C27H22F3N5O4. The van der Waals surface area contributed by atoms with Gasteiger partial charge < -0.3 is 25.0 Å². The Bertz CT molecular complexity index is 1610. The summed E-state index contributed by atoms with van der Waals surface area (Å²) in [5, 5.41) is 5.08. The molecule has 2 amide bonds. The molecule has 6 rings (SSSR count). The molecule has 0 aliphatic carbocycles. The van der Waals surface area contributed by atoms with Crippen molar-refractivity contribution in [3.8, 4) is 11.5 Å². The van der Waals surface area contributed by atoms with E-state index >= 15 is 0 Å². The van der Waals surface area contributed by atoms with E-state index in [1.165, 1.54) is 35.0 Å². The Hall–Kier alpha value is -4.74. The van der Waals surface area contributed by atoms with Crippen LogP contribution in [-0.2, 0) is 6.54 Å². The van der Waals surface area contributed by atoms with E-state index in [2.05, 4.69) is 14.6 Å². The van der Waals surface area contributed by atoms with Gasteiger partial charge in [0.25, 0.3) is 11.8 Å². The molecule has 0 spiro atoms. The maximum absolute atomic E-state index is 14.7. The predicted octanol–water partition coefficient (Wildman–Crippen LogP) is 3.61. The Morgan fingerprint density at radius 1 is 0.974 bits per heavy atom. The zero-order valence-corrected chi connectivity index (χ0v) is 20.4. The van der Waals surface area contributed by atoms with Crippen molar-refractivity contribution in [2.75, 3.05) is 31.1 Å². The molecule has 2 aliphatic heterocycles. The topological polar surface area (TPSA) is 103 Å². The zero-order valence-electron chi connectivity index (χ0n) is 20.4. The largest absolute Gasteiger partial charge is 0.586 e. The van der Waals surface area contributed by atoms with Crippen molar-refractivity contribution in [3.63, 3.8) is 0 Å². The average Bonchev–Trinajstić information content (AvgIpc) is 3.47. The van der Waals surface area contributed by atoms with E-state index in [1.807, 2.05) is 4.90 Å². The number of ether oxygens (including phenoxy) is 2. The van der Waals surface area contributed by atoms with Gasteiger partial charge in [0.15, 0.2) is 11.5 Å². The van der Waals surface area contributed by atoms with Crippen LogP contribution in [-0.4, -0.2) is 59.0 Å². The molecule has 0 atom stereocenters. The van der Waals surface area contributed by atoms with E-state index in [-0.39, 0.29) is 35.1 Å². The normalized spacial score (nSPS) is 16.1. The number of benzene rings is 3. The number of amides is 2. The van der Waals surface area contributed by atoms with Crippen LogP contribution in [0.15, 0.2) is 60.8 Å². The van der Waals surface area contributed by atoms with Crippen LogP contribution in [0.25, 0.3) is 10.9 Å². The highest BCUT2D eigenvalue weighted by Crippen LogP contribution is 2.43. The third kappa shape index (κ3) is 4.69. The number of hydrogen-bond donors (Lipinski definition) is 1. The molecule has 0 radical (unpaired) electrons. The molecule has 4 aromatic rings. The summed E-state index contributed by atoms with van der Waals surface area (Å²) in [6.45, 7) is 1.76. The Balaban J connectivity index is 1.14. The molecule has 2 aliphatic rings. The number of anilines is 1. The van der Waals surface area contributed by atoms with Crippen molar-refractivity contribution >= 4 is 28.4 Å². The van der Waals surface area contributed by atoms with Crippen molar-refractivity contribution < 1.29 is 32.2 Å². The van der Waals surface area contributed by atoms with Crippen molar-refractivity contribution in [2.24, 2.45) is 5.73 Å². The van der Waals surface area contributed by atoms with E-state index < -0.39 is 18.0 Å². The molecule has 3 aromatic carbocycles. The lowest BCUT2D eigenvalue weighted by Crippen LogP contribution is -2.48. The van der Waals surface area contributed by atoms with Crippen LogP contribution in [0.4, 0.5) is 18.9 Å². The number of primary amides is 1. The van der Waals surface area contributed by atoms with Crippen LogP contribution in [0.2, 0.25) is 0 Å². The quantitative estimate of drug-likeness (QED) is 0.417. The molecule has 3 heterocycles. The van der Waals surface area contributed by atoms with E-state index in [9.17, 15) is 22.8 Å². The van der Waals surface area contributed by atoms with Crippen LogP contribution in [0.5, 0.6) is 11.5 Å². The van der Waals surface area contributed by atoms with E-state index in [0.29, 0.717) is 48.3 Å². The number of fused-ring (bicyclic) bond motifs is 2. The second-order valence-electron chi connectivity index (χ2n) is 9.32. The maximum atomic E-state index is 14.7. The van der Waals surface area contributed by atoms with Gasteiger partial charge in [0.2, 0.25) is 0 Å². The van der Waals surface area contributed by atoms with Gasteiger partial charge in [0.05, 0.1) is 12.1 Å². The highest BCUT2D eigenvalue weighted by atomic mass is 19.3. The highest BCUT2D eigenvalue weighted by molar-refractivity contribution is 6.04. The van der Waals surface area contributed by atoms with Gasteiger partial charge in [-0.05, 0) is 36.4 Å². The number of halogens is 3. The fraction of sp³-hybridized carbons (Fsp3) is 0.222. The summed E-state index contributed by atoms with van der Waals surface area (Å²) in [6.07, 6.45) is -2.00. The second kappa shape index (κ2) is 9.22. The number of alkyl halides is 2. The van der Waals surface area contributed by atoms with Crippen LogP contribution in [0.3, 0.4) is 0 Å². The molecule has 2 N–H and O–H groups in total. The number of carbonyl (C=O) groups excluding carboxylic acids is 2. The monoisotopic (exact) mass is 537 g/mol. The lowest BCUT2D eigenvalue weighted by molar-refractivity contribution is -0.286. The van der Waals surface area contributed by atoms with Crippen molar-refractivity contribution in [1.29, 1.82) is 0 Å². The number of piperazine rings is 1. The fourth-order valence-electron chi connectivity index (χ4n) is 4.86. The Kier molecular flexibility index (Phi) is 5.82. The predicted molar refractivity (Wildman–Crippen MR) is 135 cm³/mol. The molecule has 1 saturated heterocycles. The molecule has 0 unspecified atom stereocenters. The Morgan fingerprint density at radius 3 is 2.51 bits per heavy atom.